The van der Waals surface area contributed by atoms with Gasteiger partial charge in [-0.1, -0.05) is 30.3 Å². The van der Waals surface area contributed by atoms with Crippen LogP contribution in [-0.2, 0) is 11.3 Å². The molecule has 2 N–H and O–H groups in total. The highest BCUT2D eigenvalue weighted by molar-refractivity contribution is 6.28. The fourth-order valence-electron chi connectivity index (χ4n) is 2.73. The van der Waals surface area contributed by atoms with Crippen LogP contribution in [-0.4, -0.2) is 37.3 Å². The first-order valence-electron chi connectivity index (χ1n) is 9.02. The number of halogens is 1. The first-order valence-corrected chi connectivity index (χ1v) is 8.25. The van der Waals surface area contributed by atoms with Crippen LogP contribution in [0.4, 0.5) is 5.82 Å². The van der Waals surface area contributed by atoms with E-state index in [-0.39, 0.29) is 11.9 Å². The van der Waals surface area contributed by atoms with Crippen LogP contribution in [0.1, 0.15) is 27.3 Å². The molecule has 0 amide bonds. The quantitative estimate of drug-likeness (QED) is 0.680. The zero-order valence-electron chi connectivity index (χ0n) is 15.2. The van der Waals surface area contributed by atoms with Gasteiger partial charge in [-0.05, 0) is 30.0 Å². The van der Waals surface area contributed by atoms with Crippen LogP contribution >= 0.6 is 11.6 Å². The normalized spacial score (nSPS) is 27.3. The minimum Gasteiger partial charge on any atom is -0.394 e. The molecule has 1 aromatic carbocycles. The van der Waals surface area contributed by atoms with Crippen LogP contribution in [0.5, 0.6) is 0 Å². The summed E-state index contributed by atoms with van der Waals surface area (Å²) < 4.78 is 23.5. The molecule has 0 unspecified atom stereocenters. The minimum absolute atomic E-state index is 0.0421. The Bertz CT molecular complexity index is 942. The topological polar surface area (TPSA) is 85.1 Å². The van der Waals surface area contributed by atoms with E-state index in [4.69, 9.17) is 19.1 Å². The number of fused-ring (bicyclic) bond motifs is 1. The lowest BCUT2D eigenvalue weighted by molar-refractivity contribution is -0.0207. The van der Waals surface area contributed by atoms with Crippen molar-refractivity contribution in [2.75, 3.05) is 11.9 Å². The van der Waals surface area contributed by atoms with Gasteiger partial charge >= 0.3 is 0 Å². The fourth-order valence-corrected chi connectivity index (χ4v) is 2.90. The largest absolute Gasteiger partial charge is 0.394 e. The molecule has 7 nitrogen and oxygen atoms in total. The molecule has 25 heavy (non-hydrogen) atoms. The van der Waals surface area contributed by atoms with Crippen molar-refractivity contribution >= 4 is 28.6 Å². The summed E-state index contributed by atoms with van der Waals surface area (Å²) in [4.78, 5) is 12.8. The Labute approximate surface area is 152 Å². The zero-order valence-corrected chi connectivity index (χ0v) is 14.0. The lowest BCUT2D eigenvalue weighted by Gasteiger charge is -2.14. The second-order valence-corrected chi connectivity index (χ2v) is 5.98. The minimum atomic E-state index is -0.881. The third kappa shape index (κ3) is 3.30. The summed E-state index contributed by atoms with van der Waals surface area (Å²) >= 11 is 6.09. The molecular weight excluding hydrogens is 342 g/mol. The molecule has 0 aliphatic carbocycles. The van der Waals surface area contributed by atoms with Gasteiger partial charge in [0.15, 0.2) is 17.0 Å². The van der Waals surface area contributed by atoms with Gasteiger partial charge in [-0.3, -0.25) is 4.57 Å². The van der Waals surface area contributed by atoms with Gasteiger partial charge < -0.3 is 15.2 Å². The van der Waals surface area contributed by atoms with E-state index in [1.165, 1.54) is 6.33 Å². The van der Waals surface area contributed by atoms with Crippen LogP contribution in [0.25, 0.3) is 11.2 Å². The molecule has 0 saturated carbocycles. The average molecular weight is 362 g/mol. The Morgan fingerprint density at radius 2 is 2.16 bits per heavy atom. The van der Waals surface area contributed by atoms with Gasteiger partial charge in [0.2, 0.25) is 5.28 Å². The van der Waals surface area contributed by atoms with E-state index in [0.29, 0.717) is 23.5 Å². The number of nitrogens with one attached hydrogen (secondary N) is 1. The summed E-state index contributed by atoms with van der Waals surface area (Å²) in [6.07, 6.45) is -1.73. The summed E-state index contributed by atoms with van der Waals surface area (Å²) in [6.45, 7) is 0.227. The lowest BCUT2D eigenvalue weighted by atomic mass is 10.2. The maximum Gasteiger partial charge on any atom is 0.226 e. The fraction of sp³-hybridized carbons (Fsp3) is 0.353. The lowest BCUT2D eigenvalue weighted by Crippen LogP contribution is -2.14. The van der Waals surface area contributed by atoms with E-state index in [9.17, 15) is 5.11 Å². The van der Waals surface area contributed by atoms with E-state index < -0.39 is 25.1 Å². The van der Waals surface area contributed by atoms with Gasteiger partial charge in [-0.15, -0.1) is 0 Å². The maximum absolute atomic E-state index is 9.34. The monoisotopic (exact) mass is 361 g/mol. The summed E-state index contributed by atoms with van der Waals surface area (Å²) in [7, 11) is 0. The number of aromatic nitrogens is 4. The van der Waals surface area contributed by atoms with Crippen LogP contribution in [0.3, 0.4) is 0 Å². The highest BCUT2D eigenvalue weighted by Crippen LogP contribution is 2.31. The molecule has 3 heterocycles. The van der Waals surface area contributed by atoms with Gasteiger partial charge in [0.1, 0.15) is 6.23 Å². The highest BCUT2D eigenvalue weighted by atomic mass is 35.5. The molecule has 1 aliphatic heterocycles. The SMILES string of the molecule is [2H][C@@H]1[C@H]([2H])[C@H](CO)O[C@H]1n1cnc2c(NCc3ccccc3)nc(Cl)nc21. The van der Waals surface area contributed by atoms with E-state index in [1.54, 1.807) is 4.57 Å². The Balaban J connectivity index is 1.66. The molecule has 0 spiro atoms. The van der Waals surface area contributed by atoms with Crippen molar-refractivity contribution in [3.8, 4) is 0 Å². The number of rotatable bonds is 5. The number of nitrogens with zero attached hydrogens (tertiary/aromatic N) is 4. The number of benzene rings is 1. The Morgan fingerprint density at radius 3 is 2.92 bits per heavy atom. The van der Waals surface area contributed by atoms with Crippen molar-refractivity contribution in [1.82, 2.24) is 19.5 Å². The maximum atomic E-state index is 9.34. The van der Waals surface area contributed by atoms with Crippen LogP contribution in [0.15, 0.2) is 36.7 Å². The molecule has 0 bridgehead atoms. The summed E-state index contributed by atoms with van der Waals surface area (Å²) in [5.41, 5.74) is 1.99. The number of imidazole rings is 1. The standard InChI is InChI=1S/C17H18ClN5O2/c18-17-21-15(19-8-11-4-2-1-3-5-11)14-16(22-17)23(10-20-14)13-7-6-12(9-24)25-13/h1-5,10,12-13,24H,6-9H2,(H,19,21,22)/t12-,13-/m1/s1/i6D,7D/t6-,7+,12+,13+/m0. The average Bonchev–Trinajstić information content (AvgIpc) is 3.22. The molecule has 0 radical (unpaired) electrons. The Hall–Kier alpha value is -2.22. The molecule has 1 fully saturated rings. The van der Waals surface area contributed by atoms with Crippen LogP contribution < -0.4 is 5.32 Å². The number of aliphatic hydroxyl groups excluding tert-OH is 1. The molecule has 3 aromatic rings. The predicted molar refractivity (Wildman–Crippen MR) is 94.3 cm³/mol. The van der Waals surface area contributed by atoms with Crippen LogP contribution in [0.2, 0.25) is 5.28 Å². The van der Waals surface area contributed by atoms with Crippen molar-refractivity contribution in [3.05, 3.63) is 47.5 Å². The molecule has 1 aliphatic rings. The number of hydrogen-bond acceptors (Lipinski definition) is 6. The molecule has 4 atom stereocenters. The highest BCUT2D eigenvalue weighted by Gasteiger charge is 2.28. The predicted octanol–water partition coefficient (Wildman–Crippen LogP) is 2.76. The van der Waals surface area contributed by atoms with Crippen molar-refractivity contribution in [2.45, 2.75) is 31.7 Å². The Morgan fingerprint density at radius 1 is 1.32 bits per heavy atom. The summed E-state index contributed by atoms with van der Waals surface area (Å²) in [5, 5.41) is 12.6. The first-order chi connectivity index (χ1) is 13.1. The van der Waals surface area contributed by atoms with Gasteiger partial charge in [-0.2, -0.15) is 9.97 Å². The third-order valence-electron chi connectivity index (χ3n) is 3.96. The van der Waals surface area contributed by atoms with Crippen molar-refractivity contribution in [2.24, 2.45) is 0 Å². The number of ether oxygens (including phenoxy) is 1. The van der Waals surface area contributed by atoms with E-state index in [0.717, 1.165) is 5.56 Å². The van der Waals surface area contributed by atoms with Crippen molar-refractivity contribution in [3.63, 3.8) is 0 Å². The second kappa shape index (κ2) is 6.95. The second-order valence-electron chi connectivity index (χ2n) is 5.64. The molecule has 2 aromatic heterocycles. The molecule has 1 saturated heterocycles. The zero-order chi connectivity index (χ0) is 19.0. The van der Waals surface area contributed by atoms with E-state index in [1.807, 2.05) is 30.3 Å². The summed E-state index contributed by atoms with van der Waals surface area (Å²) in [5.74, 6) is 0.480. The molecule has 8 heteroatoms. The van der Waals surface area contributed by atoms with E-state index in [2.05, 4.69) is 20.3 Å². The molecule has 4 rings (SSSR count). The molecular formula is C17H18ClN5O2. The number of hydrogen-bond donors (Lipinski definition) is 2. The van der Waals surface area contributed by atoms with Gasteiger partial charge in [0.25, 0.3) is 0 Å². The third-order valence-corrected chi connectivity index (χ3v) is 4.12. The molecule has 130 valence electrons. The first kappa shape index (κ1) is 14.0. The van der Waals surface area contributed by atoms with Crippen molar-refractivity contribution < 1.29 is 12.6 Å². The van der Waals surface area contributed by atoms with Gasteiger partial charge in [0.05, 0.1) is 19.0 Å². The van der Waals surface area contributed by atoms with Crippen LogP contribution in [0, 0.1) is 0 Å². The van der Waals surface area contributed by atoms with Gasteiger partial charge in [0, 0.05) is 9.29 Å². The van der Waals surface area contributed by atoms with Gasteiger partial charge in [-0.25, -0.2) is 4.98 Å². The number of aliphatic hydroxyl groups is 1. The van der Waals surface area contributed by atoms with E-state index >= 15 is 0 Å². The number of anilines is 1. The van der Waals surface area contributed by atoms with Crippen molar-refractivity contribution in [1.29, 1.82) is 0 Å². The summed E-state index contributed by atoms with van der Waals surface area (Å²) in [6, 6.07) is 9.84. The smallest absolute Gasteiger partial charge is 0.226 e. The Kier molecular flexibility index (Phi) is 3.89.